The second-order valence-corrected chi connectivity index (χ2v) is 4.10. The fraction of sp³-hybridized carbons (Fsp3) is 0.429. The highest BCUT2D eigenvalue weighted by atomic mass is 14.8. The molecule has 1 N–H and O–H groups in total. The van der Waals surface area contributed by atoms with Crippen LogP contribution in [0.3, 0.4) is 0 Å². The van der Waals surface area contributed by atoms with E-state index in [-0.39, 0.29) is 0 Å². The molecule has 1 aromatic rings. The van der Waals surface area contributed by atoms with Crippen LogP contribution in [0.4, 0.5) is 0 Å². The van der Waals surface area contributed by atoms with E-state index in [1.807, 2.05) is 7.05 Å². The minimum absolute atomic E-state index is 1.04. The molecule has 0 saturated heterocycles. The topological polar surface area (TPSA) is 12.0 Å². The molecule has 1 heteroatoms. The van der Waals surface area contributed by atoms with Crippen LogP contribution in [-0.2, 0) is 0 Å². The van der Waals surface area contributed by atoms with Crippen LogP contribution < -0.4 is 5.32 Å². The molecule has 1 rings (SSSR count). The van der Waals surface area contributed by atoms with Crippen molar-refractivity contribution in [2.24, 2.45) is 0 Å². The molecule has 0 amide bonds. The molecule has 0 atom stereocenters. The molecular formula is C14H21N. The van der Waals surface area contributed by atoms with E-state index in [9.17, 15) is 0 Å². The van der Waals surface area contributed by atoms with Gasteiger partial charge in [-0.25, -0.2) is 0 Å². The zero-order valence-electron chi connectivity index (χ0n) is 10.2. The number of nitrogens with one attached hydrogen (secondary N) is 1. The lowest BCUT2D eigenvalue weighted by Gasteiger charge is -2.07. The first-order chi connectivity index (χ1) is 7.15. The second kappa shape index (κ2) is 5.72. The fourth-order valence-electron chi connectivity index (χ4n) is 1.80. The Morgan fingerprint density at radius 1 is 1.33 bits per heavy atom. The van der Waals surface area contributed by atoms with Crippen molar-refractivity contribution in [1.29, 1.82) is 0 Å². The zero-order chi connectivity index (χ0) is 11.3. The van der Waals surface area contributed by atoms with Gasteiger partial charge in [0.1, 0.15) is 0 Å². The molecule has 0 spiro atoms. The number of allylic oxidation sites excluding steroid dienone is 1. The Kier molecular flexibility index (Phi) is 4.57. The van der Waals surface area contributed by atoms with Gasteiger partial charge in [0.2, 0.25) is 0 Å². The van der Waals surface area contributed by atoms with Crippen LogP contribution in [0.2, 0.25) is 0 Å². The van der Waals surface area contributed by atoms with Crippen LogP contribution >= 0.6 is 0 Å². The van der Waals surface area contributed by atoms with Crippen LogP contribution in [0.5, 0.6) is 0 Å². The van der Waals surface area contributed by atoms with Gasteiger partial charge in [-0.1, -0.05) is 29.8 Å². The molecule has 0 saturated carbocycles. The minimum Gasteiger partial charge on any atom is -0.319 e. The maximum Gasteiger partial charge on any atom is -0.00171 e. The summed E-state index contributed by atoms with van der Waals surface area (Å²) >= 11 is 0. The predicted molar refractivity (Wildman–Crippen MR) is 68.1 cm³/mol. The molecule has 1 nitrogen and oxygen atoms in total. The van der Waals surface area contributed by atoms with Gasteiger partial charge < -0.3 is 5.32 Å². The van der Waals surface area contributed by atoms with Crippen molar-refractivity contribution in [3.63, 3.8) is 0 Å². The van der Waals surface area contributed by atoms with Crippen LogP contribution in [0.15, 0.2) is 24.3 Å². The monoisotopic (exact) mass is 203 g/mol. The third kappa shape index (κ3) is 3.52. The van der Waals surface area contributed by atoms with E-state index in [1.54, 1.807) is 0 Å². The summed E-state index contributed by atoms with van der Waals surface area (Å²) in [6.45, 7) is 7.55. The molecule has 15 heavy (non-hydrogen) atoms. The largest absolute Gasteiger partial charge is 0.319 e. The highest BCUT2D eigenvalue weighted by Gasteiger charge is 1.99. The minimum atomic E-state index is 1.04. The third-order valence-corrected chi connectivity index (χ3v) is 2.65. The van der Waals surface area contributed by atoms with Gasteiger partial charge in [-0.05, 0) is 57.5 Å². The molecule has 0 aromatic heterocycles. The predicted octanol–water partition coefficient (Wildman–Crippen LogP) is 3.32. The van der Waals surface area contributed by atoms with Gasteiger partial charge in [-0.3, -0.25) is 0 Å². The van der Waals surface area contributed by atoms with E-state index < -0.39 is 0 Å². The first-order valence-electron chi connectivity index (χ1n) is 5.54. The number of hydrogen-bond acceptors (Lipinski definition) is 1. The van der Waals surface area contributed by atoms with Crippen molar-refractivity contribution in [3.8, 4) is 0 Å². The number of benzene rings is 1. The van der Waals surface area contributed by atoms with E-state index in [1.165, 1.54) is 22.3 Å². The molecule has 0 heterocycles. The summed E-state index contributed by atoms with van der Waals surface area (Å²) in [5, 5.41) is 3.15. The molecule has 0 aliphatic rings. The molecule has 0 fully saturated rings. The lowest BCUT2D eigenvalue weighted by atomic mass is 9.99. The lowest BCUT2D eigenvalue weighted by molar-refractivity contribution is 0.808. The summed E-state index contributed by atoms with van der Waals surface area (Å²) in [6.07, 6.45) is 3.39. The van der Waals surface area contributed by atoms with Gasteiger partial charge in [-0.15, -0.1) is 0 Å². The summed E-state index contributed by atoms with van der Waals surface area (Å²) in [6, 6.07) is 6.64. The summed E-state index contributed by atoms with van der Waals surface area (Å²) in [5.74, 6) is 0. The third-order valence-electron chi connectivity index (χ3n) is 2.65. The molecule has 0 aliphatic carbocycles. The summed E-state index contributed by atoms with van der Waals surface area (Å²) in [7, 11) is 1.99. The van der Waals surface area contributed by atoms with Gasteiger partial charge in [0.15, 0.2) is 0 Å². The molecule has 0 aliphatic heterocycles. The van der Waals surface area contributed by atoms with Crippen molar-refractivity contribution in [2.45, 2.75) is 27.2 Å². The average molecular weight is 203 g/mol. The number of rotatable bonds is 4. The summed E-state index contributed by atoms with van der Waals surface area (Å²) < 4.78 is 0. The quantitative estimate of drug-likeness (QED) is 0.740. The Labute approximate surface area is 93.2 Å². The maximum absolute atomic E-state index is 3.15. The standard InChI is InChI=1S/C14H21N/c1-11-7-8-14(13(3)10-11)12(2)6-5-9-15-4/h6-8,10,15H,5,9H2,1-4H3. The molecule has 82 valence electrons. The van der Waals surface area contributed by atoms with Crippen LogP contribution in [0.1, 0.15) is 30.0 Å². The van der Waals surface area contributed by atoms with Crippen molar-refractivity contribution < 1.29 is 0 Å². The Balaban J connectivity index is 2.81. The fourth-order valence-corrected chi connectivity index (χ4v) is 1.80. The highest BCUT2D eigenvalue weighted by Crippen LogP contribution is 2.19. The van der Waals surface area contributed by atoms with E-state index in [4.69, 9.17) is 0 Å². The van der Waals surface area contributed by atoms with Crippen LogP contribution in [0.25, 0.3) is 5.57 Å². The Morgan fingerprint density at radius 3 is 2.67 bits per heavy atom. The molecule has 0 radical (unpaired) electrons. The lowest BCUT2D eigenvalue weighted by Crippen LogP contribution is -2.06. The molecule has 0 bridgehead atoms. The molecular weight excluding hydrogens is 182 g/mol. The van der Waals surface area contributed by atoms with Gasteiger partial charge in [-0.2, -0.15) is 0 Å². The van der Waals surface area contributed by atoms with E-state index >= 15 is 0 Å². The Hall–Kier alpha value is -1.08. The van der Waals surface area contributed by atoms with Crippen molar-refractivity contribution in [3.05, 3.63) is 41.0 Å². The number of aryl methyl sites for hydroxylation is 2. The van der Waals surface area contributed by atoms with E-state index in [0.29, 0.717) is 0 Å². The van der Waals surface area contributed by atoms with Crippen LogP contribution in [-0.4, -0.2) is 13.6 Å². The second-order valence-electron chi connectivity index (χ2n) is 4.10. The Morgan fingerprint density at radius 2 is 2.07 bits per heavy atom. The normalized spacial score (nSPS) is 11.9. The van der Waals surface area contributed by atoms with Gasteiger partial charge in [0.05, 0.1) is 0 Å². The first kappa shape index (κ1) is 12.0. The average Bonchev–Trinajstić information content (AvgIpc) is 2.17. The smallest absolute Gasteiger partial charge is 0.00171 e. The molecule has 1 aromatic carbocycles. The Bertz CT molecular complexity index is 350. The summed E-state index contributed by atoms with van der Waals surface area (Å²) in [4.78, 5) is 0. The molecule has 0 unspecified atom stereocenters. The summed E-state index contributed by atoms with van der Waals surface area (Å²) in [5.41, 5.74) is 5.45. The van der Waals surface area contributed by atoms with Gasteiger partial charge in [0.25, 0.3) is 0 Å². The highest BCUT2D eigenvalue weighted by molar-refractivity contribution is 5.66. The number of hydrogen-bond donors (Lipinski definition) is 1. The van der Waals surface area contributed by atoms with Crippen molar-refractivity contribution in [2.75, 3.05) is 13.6 Å². The van der Waals surface area contributed by atoms with E-state index in [2.05, 4.69) is 50.4 Å². The van der Waals surface area contributed by atoms with Crippen molar-refractivity contribution in [1.82, 2.24) is 5.32 Å². The first-order valence-corrected chi connectivity index (χ1v) is 5.54. The van der Waals surface area contributed by atoms with E-state index in [0.717, 1.165) is 13.0 Å². The van der Waals surface area contributed by atoms with Gasteiger partial charge in [0, 0.05) is 0 Å². The van der Waals surface area contributed by atoms with Gasteiger partial charge >= 0.3 is 0 Å². The van der Waals surface area contributed by atoms with Crippen LogP contribution in [0, 0.1) is 13.8 Å². The maximum atomic E-state index is 3.15. The zero-order valence-corrected chi connectivity index (χ0v) is 10.2. The van der Waals surface area contributed by atoms with Crippen molar-refractivity contribution >= 4 is 5.57 Å². The SMILES string of the molecule is CNCCC=C(C)c1ccc(C)cc1C.